The molecule has 0 unspecified atom stereocenters. The van der Waals surface area contributed by atoms with E-state index in [2.05, 4.69) is 36.8 Å². The first-order valence-electron chi connectivity index (χ1n) is 11.1. The van der Waals surface area contributed by atoms with Gasteiger partial charge in [0.05, 0.1) is 5.75 Å². The van der Waals surface area contributed by atoms with Crippen molar-refractivity contribution in [3.63, 3.8) is 0 Å². The van der Waals surface area contributed by atoms with Gasteiger partial charge in [-0.1, -0.05) is 37.2 Å². The molecular formula is C22H28N8O3S. The van der Waals surface area contributed by atoms with Gasteiger partial charge in [0, 0.05) is 31.7 Å². The molecule has 1 aliphatic heterocycles. The van der Waals surface area contributed by atoms with E-state index in [-0.39, 0.29) is 35.2 Å². The van der Waals surface area contributed by atoms with Crippen molar-refractivity contribution < 1.29 is 12.9 Å². The second-order valence-corrected chi connectivity index (χ2v) is 10.6. The van der Waals surface area contributed by atoms with E-state index in [1.807, 2.05) is 51.2 Å². The van der Waals surface area contributed by atoms with Gasteiger partial charge in [0.25, 0.3) is 5.95 Å². The number of rotatable bonds is 8. The van der Waals surface area contributed by atoms with Gasteiger partial charge < -0.3 is 9.42 Å². The quantitative estimate of drug-likeness (QED) is 0.442. The van der Waals surface area contributed by atoms with Crippen LogP contribution in [0.2, 0.25) is 0 Å². The van der Waals surface area contributed by atoms with Crippen molar-refractivity contribution >= 4 is 34.3 Å². The summed E-state index contributed by atoms with van der Waals surface area (Å²) in [5, 5.41) is 4.07. The fourth-order valence-electron chi connectivity index (χ4n) is 3.84. The maximum Gasteiger partial charge on any atom is 0.254 e. The van der Waals surface area contributed by atoms with Crippen LogP contribution in [0.1, 0.15) is 38.5 Å². The predicted octanol–water partition coefficient (Wildman–Crippen LogP) is 3.19. The van der Waals surface area contributed by atoms with Crippen LogP contribution in [0.3, 0.4) is 0 Å². The number of para-hydroxylation sites is 1. The highest BCUT2D eigenvalue weighted by Gasteiger charge is 2.32. The number of hydrogen-bond donors (Lipinski definition) is 0. The SMILES string of the molecule is C=Nc1nc(-c2noc(C3CCN(S(=O)(=O)CC(C)C)CC3)n2)nc(N(C)c2ccccc2)n1. The summed E-state index contributed by atoms with van der Waals surface area (Å²) in [6, 6.07) is 9.64. The zero-order valence-electron chi connectivity index (χ0n) is 19.5. The molecule has 0 bridgehead atoms. The van der Waals surface area contributed by atoms with Crippen LogP contribution >= 0.6 is 0 Å². The molecule has 0 amide bonds. The Morgan fingerprint density at radius 3 is 2.47 bits per heavy atom. The van der Waals surface area contributed by atoms with Gasteiger partial charge in [0.1, 0.15) is 0 Å². The van der Waals surface area contributed by atoms with E-state index in [0.717, 1.165) is 5.69 Å². The van der Waals surface area contributed by atoms with Gasteiger partial charge in [0.2, 0.25) is 33.5 Å². The maximum atomic E-state index is 12.5. The number of benzene rings is 1. The number of anilines is 2. The number of sulfonamides is 1. The molecule has 12 heteroatoms. The first kappa shape index (κ1) is 23.9. The minimum absolute atomic E-state index is 0.0305. The van der Waals surface area contributed by atoms with Crippen molar-refractivity contribution in [1.29, 1.82) is 0 Å². The minimum atomic E-state index is -3.25. The summed E-state index contributed by atoms with van der Waals surface area (Å²) < 4.78 is 32.1. The van der Waals surface area contributed by atoms with Crippen molar-refractivity contribution in [3.8, 4) is 11.6 Å². The predicted molar refractivity (Wildman–Crippen MR) is 129 cm³/mol. The lowest BCUT2D eigenvalue weighted by Gasteiger charge is -2.30. The smallest absolute Gasteiger partial charge is 0.254 e. The first-order valence-corrected chi connectivity index (χ1v) is 12.7. The number of aromatic nitrogens is 5. The average Bonchev–Trinajstić information content (AvgIpc) is 3.33. The normalized spacial score (nSPS) is 15.5. The molecule has 0 radical (unpaired) electrons. The second-order valence-electron chi connectivity index (χ2n) is 8.61. The van der Waals surface area contributed by atoms with E-state index in [1.54, 1.807) is 9.21 Å². The van der Waals surface area contributed by atoms with Crippen LogP contribution in [0, 0.1) is 5.92 Å². The van der Waals surface area contributed by atoms with Crippen LogP contribution in [-0.2, 0) is 10.0 Å². The van der Waals surface area contributed by atoms with Gasteiger partial charge in [-0.15, -0.1) is 0 Å². The van der Waals surface area contributed by atoms with Crippen LogP contribution in [0.15, 0.2) is 39.8 Å². The molecule has 3 heterocycles. The van der Waals surface area contributed by atoms with Gasteiger partial charge in [-0.05, 0) is 37.6 Å². The largest absolute Gasteiger partial charge is 0.339 e. The molecule has 0 saturated carbocycles. The Balaban J connectivity index is 1.52. The highest BCUT2D eigenvalue weighted by molar-refractivity contribution is 7.89. The van der Waals surface area contributed by atoms with E-state index in [4.69, 9.17) is 4.52 Å². The van der Waals surface area contributed by atoms with Gasteiger partial charge in [-0.2, -0.15) is 19.9 Å². The molecule has 4 rings (SSSR count). The summed E-state index contributed by atoms with van der Waals surface area (Å²) in [5.41, 5.74) is 0.891. The number of piperidine rings is 1. The molecule has 34 heavy (non-hydrogen) atoms. The van der Waals surface area contributed by atoms with Gasteiger partial charge in [-0.3, -0.25) is 0 Å². The lowest BCUT2D eigenvalue weighted by Crippen LogP contribution is -2.40. The molecule has 2 aromatic heterocycles. The summed E-state index contributed by atoms with van der Waals surface area (Å²) >= 11 is 0. The second kappa shape index (κ2) is 9.94. The standard InChI is InChI=1S/C22H28N8O3S/c1-15(2)14-34(31,32)30-12-10-16(11-13-30)20-24-19(28-33-20)18-25-21(23-3)27-22(26-18)29(4)17-8-6-5-7-9-17/h5-9,15-16H,3,10-14H2,1-2,4H3. The van der Waals surface area contributed by atoms with E-state index < -0.39 is 10.0 Å². The summed E-state index contributed by atoms with van der Waals surface area (Å²) in [5.74, 6) is 1.62. The zero-order chi connectivity index (χ0) is 24.3. The average molecular weight is 485 g/mol. The van der Waals surface area contributed by atoms with Crippen LogP contribution in [0.4, 0.5) is 17.6 Å². The van der Waals surface area contributed by atoms with Crippen LogP contribution < -0.4 is 4.90 Å². The van der Waals surface area contributed by atoms with Crippen molar-refractivity contribution in [3.05, 3.63) is 36.2 Å². The summed E-state index contributed by atoms with van der Waals surface area (Å²) in [4.78, 5) is 23.3. The Bertz CT molecular complexity index is 1240. The number of hydrogen-bond acceptors (Lipinski definition) is 10. The van der Waals surface area contributed by atoms with Gasteiger partial charge in [-0.25, -0.2) is 17.7 Å². The molecule has 0 atom stereocenters. The maximum absolute atomic E-state index is 12.5. The highest BCUT2D eigenvalue weighted by atomic mass is 32.2. The third kappa shape index (κ3) is 5.28. The van der Waals surface area contributed by atoms with E-state index in [9.17, 15) is 8.42 Å². The van der Waals surface area contributed by atoms with Gasteiger partial charge in [0.15, 0.2) is 0 Å². The van der Waals surface area contributed by atoms with Crippen LogP contribution in [-0.4, -0.2) is 70.4 Å². The number of nitrogens with zero attached hydrogens (tertiary/aromatic N) is 8. The Morgan fingerprint density at radius 2 is 1.82 bits per heavy atom. The topological polar surface area (TPSA) is 131 Å². The lowest BCUT2D eigenvalue weighted by atomic mass is 9.98. The van der Waals surface area contributed by atoms with E-state index >= 15 is 0 Å². The van der Waals surface area contributed by atoms with Crippen LogP contribution in [0.5, 0.6) is 0 Å². The molecule has 0 aliphatic carbocycles. The van der Waals surface area contributed by atoms with Crippen LogP contribution in [0.25, 0.3) is 11.6 Å². The van der Waals surface area contributed by atoms with Crippen molar-refractivity contribution in [2.24, 2.45) is 10.9 Å². The Kier molecular flexibility index (Phi) is 6.98. The summed E-state index contributed by atoms with van der Waals surface area (Å²) in [6.07, 6.45) is 1.22. The fraction of sp³-hybridized carbons (Fsp3) is 0.455. The Hall–Kier alpha value is -3.25. The van der Waals surface area contributed by atoms with Crippen molar-refractivity contribution in [2.75, 3.05) is 30.8 Å². The molecule has 180 valence electrons. The molecular weight excluding hydrogens is 456 g/mol. The Morgan fingerprint density at radius 1 is 1.12 bits per heavy atom. The molecule has 1 aliphatic rings. The van der Waals surface area contributed by atoms with Gasteiger partial charge >= 0.3 is 0 Å². The Labute approximate surface area is 199 Å². The molecule has 1 aromatic carbocycles. The summed E-state index contributed by atoms with van der Waals surface area (Å²) in [6.45, 7) is 8.19. The zero-order valence-corrected chi connectivity index (χ0v) is 20.3. The molecule has 1 saturated heterocycles. The molecule has 3 aromatic rings. The molecule has 11 nitrogen and oxygen atoms in total. The monoisotopic (exact) mass is 484 g/mol. The summed E-state index contributed by atoms with van der Waals surface area (Å²) in [7, 11) is -1.41. The molecule has 0 spiro atoms. The van der Waals surface area contributed by atoms with Crippen molar-refractivity contribution in [2.45, 2.75) is 32.6 Å². The molecule has 0 N–H and O–H groups in total. The fourth-order valence-corrected chi connectivity index (χ4v) is 5.66. The lowest BCUT2D eigenvalue weighted by molar-refractivity contribution is 0.270. The third-order valence-electron chi connectivity index (χ3n) is 5.58. The van der Waals surface area contributed by atoms with E-state index in [0.29, 0.717) is 37.8 Å². The third-order valence-corrected chi connectivity index (χ3v) is 7.82. The number of aliphatic imine (C=N–C) groups is 1. The van der Waals surface area contributed by atoms with Crippen molar-refractivity contribution in [1.82, 2.24) is 29.4 Å². The highest BCUT2D eigenvalue weighted by Crippen LogP contribution is 2.30. The molecule has 1 fully saturated rings. The minimum Gasteiger partial charge on any atom is -0.339 e. The first-order chi connectivity index (χ1) is 16.3. The van der Waals surface area contributed by atoms with E-state index in [1.165, 1.54) is 0 Å².